The average Bonchev–Trinajstić information content (AvgIpc) is 0.803. The fourth-order valence-corrected chi connectivity index (χ4v) is 15.9. The molecule has 0 unspecified atom stereocenters. The van der Waals surface area contributed by atoms with Crippen molar-refractivity contribution in [3.05, 3.63) is 570 Å². The smallest absolute Gasteiger partial charge is 0.206 e. The van der Waals surface area contributed by atoms with Crippen LogP contribution < -0.4 is 14.2 Å². The van der Waals surface area contributed by atoms with Gasteiger partial charge in [0.05, 0.1) is 9.79 Å². The predicted octanol–water partition coefficient (Wildman–Crippen LogP) is 37.1. The number of hydrogen-bond acceptors (Lipinski definition) is 5. The van der Waals surface area contributed by atoms with Gasteiger partial charge in [0, 0.05) is 5.41 Å². The first-order valence-electron chi connectivity index (χ1n) is 48.2. The Hall–Kier alpha value is -15.0. The summed E-state index contributed by atoms with van der Waals surface area (Å²) < 4.78 is 41.8. The summed E-state index contributed by atoms with van der Waals surface area (Å²) in [6, 6.07) is 149. The molecule has 5 nitrogen and oxygen atoms in total. The summed E-state index contributed by atoms with van der Waals surface area (Å²) in [5.74, 6) is 5.00. The predicted molar refractivity (Wildman–Crippen MR) is 599 cm³/mol. The zero-order valence-electron chi connectivity index (χ0n) is 86.2. The fourth-order valence-electron chi connectivity index (χ4n) is 14.6. The molecule has 0 heterocycles. The second kappa shape index (κ2) is 53.7. The number of aryl methyl sites for hydroxylation is 20. The number of fused-ring (bicyclic) bond motifs is 2. The SMILES string of the molecule is Cc1ccc(-c2ccc(C)cc2)cc1.Cc1ccc(C(C)(C)c2ccc(C)cc2)cc1.Cc1ccc(C)cc1.Cc1ccc(Cc2ccc(C)cc2)cc1.Cc1ccc(Oc2ccc(C)cc2)cc1.Cc1ccc(Oc2ccc(Oc3ccc(C)cc3)cc2)cc1.Cc1ccc(S(=O)(=O)c2ccc(C)cc2)cc1.Cc1ccc2cc(C)ccc2c1.Cc1ccc2ccc(C)cc2c1.Cc1cccc(C)c1. The van der Waals surface area contributed by atoms with Gasteiger partial charge >= 0.3 is 0 Å². The first-order valence-corrected chi connectivity index (χ1v) is 49.7. The summed E-state index contributed by atoms with van der Waals surface area (Å²) in [4.78, 5) is 0.680. The standard InChI is InChI=1S/C20H18O2.C17H20.C15H16.C14H14O2S.C14H14O.C14H14.2C12H12.2C8H10/c1-15-3-7-17(8-4-15)21-19-11-13-20(14-12-19)22-18-9-5-16(2)6-10-18;1-13-5-9-15(10-6-13)17(3,4)16-11-7-14(2)8-12-16;1-12-3-7-14(8-4-12)11-15-9-5-13(2)6-10-15;1-11-3-7-13(8-4-11)17(15,16)14-9-5-12(2)6-10-14;1-11-3-7-13(8-4-11)15-14-9-5-12(2)6-10-14;1-11-3-7-13(8-4-11)14-9-5-12(2)6-10-14;1-9-3-5-12-8-10(2)4-6-11(12)7-9;1-9-3-5-11-6-4-10(2)8-12(11)7-9;1-7-3-5-8(2)6-4-7;1-7-4-3-5-8(2)6-7/h3-14H,1-2H3;5-12H,1-4H3;3-10H,11H2,1-2H3;3-10H,1-2H3;3-10H,1-2H3;3-10H,1-2H3;2*3-8H,1-2H3;2*3-6H,1-2H3. The minimum atomic E-state index is -3.37. The third kappa shape index (κ3) is 36.8. The van der Waals surface area contributed by atoms with Crippen LogP contribution in [0.15, 0.2) is 447 Å². The van der Waals surface area contributed by atoms with Gasteiger partial charge < -0.3 is 14.2 Å². The van der Waals surface area contributed by atoms with Crippen LogP contribution in [-0.2, 0) is 21.7 Å². The van der Waals surface area contributed by atoms with Gasteiger partial charge in [0.1, 0.15) is 34.5 Å². The Balaban J connectivity index is 0.000000162. The van der Waals surface area contributed by atoms with Gasteiger partial charge in [0.15, 0.2) is 0 Å². The normalized spacial score (nSPS) is 10.4. The molecule has 0 N–H and O–H groups in total. The van der Waals surface area contributed by atoms with Crippen molar-refractivity contribution in [1.29, 1.82) is 0 Å². The molecule has 0 amide bonds. The van der Waals surface area contributed by atoms with E-state index in [-0.39, 0.29) is 5.41 Å². The largest absolute Gasteiger partial charge is 0.457 e. The van der Waals surface area contributed by atoms with E-state index in [1.807, 2.05) is 135 Å². The van der Waals surface area contributed by atoms with Gasteiger partial charge in [0.2, 0.25) is 9.84 Å². The molecule has 0 saturated carbocycles. The molecule has 19 aromatic rings. The lowest BCUT2D eigenvalue weighted by molar-refractivity contribution is 0.469. The van der Waals surface area contributed by atoms with Crippen LogP contribution in [0.2, 0.25) is 0 Å². The van der Waals surface area contributed by atoms with E-state index < -0.39 is 9.84 Å². The summed E-state index contributed by atoms with van der Waals surface area (Å²) in [7, 11) is -3.37. The van der Waals surface area contributed by atoms with E-state index in [1.165, 1.54) is 155 Å². The number of hydrogen-bond donors (Lipinski definition) is 0. The molecule has 712 valence electrons. The molecule has 0 aromatic heterocycles. The number of sulfone groups is 1. The number of benzene rings is 19. The summed E-state index contributed by atoms with van der Waals surface area (Å²) in [6.07, 6.45) is 1.03. The van der Waals surface area contributed by atoms with Crippen molar-refractivity contribution < 1.29 is 22.6 Å². The first-order chi connectivity index (χ1) is 67.0. The van der Waals surface area contributed by atoms with Gasteiger partial charge in [-0.1, -0.05) is 465 Å². The Morgan fingerprint density at radius 3 is 0.593 bits per heavy atom. The van der Waals surface area contributed by atoms with Crippen molar-refractivity contribution in [2.45, 2.75) is 174 Å². The van der Waals surface area contributed by atoms with Crippen molar-refractivity contribution in [1.82, 2.24) is 0 Å². The van der Waals surface area contributed by atoms with Gasteiger partial charge in [-0.3, -0.25) is 0 Å². The van der Waals surface area contributed by atoms with Gasteiger partial charge in [-0.15, -0.1) is 0 Å². The summed E-state index contributed by atoms with van der Waals surface area (Å²) in [5, 5.41) is 5.34. The van der Waals surface area contributed by atoms with Gasteiger partial charge in [0.25, 0.3) is 0 Å². The Bertz CT molecular complexity index is 6570. The quantitative estimate of drug-likeness (QED) is 0.115. The summed E-state index contributed by atoms with van der Waals surface area (Å²) >= 11 is 0. The lowest BCUT2D eigenvalue weighted by Crippen LogP contribution is -2.18. The zero-order chi connectivity index (χ0) is 101. The van der Waals surface area contributed by atoms with E-state index in [9.17, 15) is 8.42 Å². The molecule has 0 aliphatic rings. The molecule has 19 aromatic carbocycles. The number of rotatable bonds is 13. The van der Waals surface area contributed by atoms with Gasteiger partial charge in [-0.05, 0) is 297 Å². The second-order valence-corrected chi connectivity index (χ2v) is 39.4. The average molecular weight is 1860 g/mol. The zero-order valence-corrected chi connectivity index (χ0v) is 87.0. The van der Waals surface area contributed by atoms with Gasteiger partial charge in [-0.25, -0.2) is 8.42 Å². The molecule has 0 atom stereocenters. The highest BCUT2D eigenvalue weighted by Gasteiger charge is 2.23. The highest BCUT2D eigenvalue weighted by Crippen LogP contribution is 2.34. The topological polar surface area (TPSA) is 61.8 Å². The maximum Gasteiger partial charge on any atom is 0.206 e. The van der Waals surface area contributed by atoms with E-state index in [1.54, 1.807) is 48.5 Å². The maximum absolute atomic E-state index is 12.3. The highest BCUT2D eigenvalue weighted by atomic mass is 32.2. The molecule has 0 saturated heterocycles. The minimum Gasteiger partial charge on any atom is -0.457 e. The van der Waals surface area contributed by atoms with Crippen molar-refractivity contribution in [3.63, 3.8) is 0 Å². The Labute approximate surface area is 837 Å². The van der Waals surface area contributed by atoms with Crippen molar-refractivity contribution in [3.8, 4) is 45.6 Å². The van der Waals surface area contributed by atoms with Crippen molar-refractivity contribution in [2.24, 2.45) is 0 Å². The molecule has 6 heteroatoms. The maximum atomic E-state index is 12.3. The van der Waals surface area contributed by atoms with E-state index in [0.29, 0.717) is 9.79 Å². The second-order valence-electron chi connectivity index (χ2n) is 37.4. The molecule has 19 rings (SSSR count). The lowest BCUT2D eigenvalue weighted by Gasteiger charge is -2.26. The van der Waals surface area contributed by atoms with Crippen molar-refractivity contribution in [2.75, 3.05) is 0 Å². The molecule has 0 spiro atoms. The monoisotopic (exact) mass is 1860 g/mol. The van der Waals surface area contributed by atoms with Crippen LogP contribution in [0.5, 0.6) is 34.5 Å². The third-order valence-electron chi connectivity index (χ3n) is 23.6. The molecule has 0 fully saturated rings. The summed E-state index contributed by atoms with van der Waals surface area (Å²) in [5.41, 5.74) is 33.7. The van der Waals surface area contributed by atoms with Crippen LogP contribution in [0.1, 0.15) is 147 Å². The Kier molecular flexibility index (Phi) is 41.1. The van der Waals surface area contributed by atoms with E-state index in [0.717, 1.165) is 52.0 Å². The fraction of sp³-hybridized carbons (Fsp3) is 0.179. The van der Waals surface area contributed by atoms with Crippen LogP contribution in [0.3, 0.4) is 0 Å². The van der Waals surface area contributed by atoms with E-state index in [4.69, 9.17) is 14.2 Å². The third-order valence-corrected chi connectivity index (χ3v) is 25.4. The molecule has 0 aliphatic carbocycles. The van der Waals surface area contributed by atoms with Crippen LogP contribution in [0.25, 0.3) is 32.7 Å². The number of ether oxygens (including phenoxy) is 3. The molecular formula is C134H140O5S. The molecule has 140 heavy (non-hydrogen) atoms. The Morgan fingerprint density at radius 2 is 0.357 bits per heavy atom. The van der Waals surface area contributed by atoms with Crippen LogP contribution in [0, 0.1) is 138 Å². The summed E-state index contributed by atoms with van der Waals surface area (Å²) in [6.45, 7) is 46.3. The van der Waals surface area contributed by atoms with Gasteiger partial charge in [-0.2, -0.15) is 0 Å². The van der Waals surface area contributed by atoms with Crippen LogP contribution in [-0.4, -0.2) is 8.42 Å². The Morgan fingerprint density at radius 1 is 0.179 bits per heavy atom. The van der Waals surface area contributed by atoms with Crippen molar-refractivity contribution >= 4 is 31.4 Å². The van der Waals surface area contributed by atoms with E-state index >= 15 is 0 Å². The first kappa shape index (κ1) is 107. The minimum absolute atomic E-state index is 0.0708. The van der Waals surface area contributed by atoms with Crippen LogP contribution >= 0.6 is 0 Å². The molecule has 0 aliphatic heterocycles. The van der Waals surface area contributed by atoms with E-state index in [2.05, 4.69) is 405 Å². The van der Waals surface area contributed by atoms with Crippen LogP contribution in [0.4, 0.5) is 0 Å². The lowest BCUT2D eigenvalue weighted by atomic mass is 9.78. The molecule has 0 bridgehead atoms. The molecular weight excluding hydrogens is 1720 g/mol. The highest BCUT2D eigenvalue weighted by molar-refractivity contribution is 7.91. The molecule has 0 radical (unpaired) electrons.